The minimum Gasteiger partial charge on any atom is -0.462 e. The molecule has 0 saturated carbocycles. The standard InChI is InChI=1S/C12H13FO3/c1-3-11(14)10-7-8(13)5-6-9(10)12(15)16-4-2/h5-7H,3-4H2,1-2H3. The lowest BCUT2D eigenvalue weighted by atomic mass is 10.0. The summed E-state index contributed by atoms with van der Waals surface area (Å²) in [4.78, 5) is 23.0. The molecule has 0 fully saturated rings. The van der Waals surface area contributed by atoms with E-state index in [9.17, 15) is 14.0 Å². The van der Waals surface area contributed by atoms with Crippen LogP contribution in [0.4, 0.5) is 4.39 Å². The summed E-state index contributed by atoms with van der Waals surface area (Å²) >= 11 is 0. The van der Waals surface area contributed by atoms with Gasteiger partial charge in [-0.25, -0.2) is 9.18 Å². The SMILES string of the molecule is CCOC(=O)c1ccc(F)cc1C(=O)CC. The smallest absolute Gasteiger partial charge is 0.338 e. The van der Waals surface area contributed by atoms with Gasteiger partial charge in [-0.1, -0.05) is 6.92 Å². The average Bonchev–Trinajstić information content (AvgIpc) is 2.28. The number of carbonyl (C=O) groups is 2. The van der Waals surface area contributed by atoms with Crippen LogP contribution in [0.15, 0.2) is 18.2 Å². The van der Waals surface area contributed by atoms with Crippen molar-refractivity contribution in [3.8, 4) is 0 Å². The van der Waals surface area contributed by atoms with Crippen molar-refractivity contribution in [3.05, 3.63) is 35.1 Å². The molecule has 4 heteroatoms. The van der Waals surface area contributed by atoms with Gasteiger partial charge in [0, 0.05) is 12.0 Å². The topological polar surface area (TPSA) is 43.4 Å². The number of hydrogen-bond acceptors (Lipinski definition) is 3. The minimum absolute atomic E-state index is 0.0842. The maximum Gasteiger partial charge on any atom is 0.338 e. The summed E-state index contributed by atoms with van der Waals surface area (Å²) in [5.41, 5.74) is 0.205. The fraction of sp³-hybridized carbons (Fsp3) is 0.333. The van der Waals surface area contributed by atoms with Gasteiger partial charge in [0.15, 0.2) is 5.78 Å². The first kappa shape index (κ1) is 12.4. The minimum atomic E-state index is -0.598. The summed E-state index contributed by atoms with van der Waals surface area (Å²) in [5, 5.41) is 0. The Balaban J connectivity index is 3.17. The highest BCUT2D eigenvalue weighted by Gasteiger charge is 2.17. The molecule has 0 N–H and O–H groups in total. The Labute approximate surface area is 93.2 Å². The molecule has 0 saturated heterocycles. The molecule has 1 rings (SSSR count). The van der Waals surface area contributed by atoms with E-state index in [4.69, 9.17) is 4.74 Å². The Morgan fingerprint density at radius 2 is 1.94 bits per heavy atom. The zero-order valence-corrected chi connectivity index (χ0v) is 9.25. The maximum absolute atomic E-state index is 13.0. The molecule has 0 spiro atoms. The zero-order valence-electron chi connectivity index (χ0n) is 9.25. The van der Waals surface area contributed by atoms with E-state index in [-0.39, 0.29) is 29.9 Å². The van der Waals surface area contributed by atoms with Gasteiger partial charge in [0.05, 0.1) is 12.2 Å². The molecule has 0 unspecified atom stereocenters. The van der Waals surface area contributed by atoms with Gasteiger partial charge in [0.2, 0.25) is 0 Å². The van der Waals surface area contributed by atoms with Crippen molar-refractivity contribution in [1.82, 2.24) is 0 Å². The lowest BCUT2D eigenvalue weighted by molar-refractivity contribution is 0.0523. The summed E-state index contributed by atoms with van der Waals surface area (Å²) in [6.45, 7) is 3.54. The normalized spacial score (nSPS) is 9.94. The van der Waals surface area contributed by atoms with Crippen molar-refractivity contribution in [1.29, 1.82) is 0 Å². The molecule has 0 aliphatic rings. The molecule has 1 aromatic carbocycles. The number of Topliss-reactive ketones (excluding diaryl/α,β-unsaturated/α-hetero) is 1. The monoisotopic (exact) mass is 224 g/mol. The number of ether oxygens (including phenoxy) is 1. The second-order valence-corrected chi connectivity index (χ2v) is 3.19. The average molecular weight is 224 g/mol. The summed E-state index contributed by atoms with van der Waals surface area (Å²) < 4.78 is 17.8. The molecule has 0 aliphatic heterocycles. The summed E-state index contributed by atoms with van der Waals surface area (Å²) in [5.74, 6) is -1.41. The fourth-order valence-corrected chi connectivity index (χ4v) is 1.32. The van der Waals surface area contributed by atoms with Crippen LogP contribution in [0.2, 0.25) is 0 Å². The highest BCUT2D eigenvalue weighted by Crippen LogP contribution is 2.15. The number of halogens is 1. The van der Waals surface area contributed by atoms with E-state index in [0.29, 0.717) is 0 Å². The lowest BCUT2D eigenvalue weighted by Gasteiger charge is -2.07. The quantitative estimate of drug-likeness (QED) is 0.583. The van der Waals surface area contributed by atoms with Crippen LogP contribution in [-0.2, 0) is 4.74 Å². The van der Waals surface area contributed by atoms with Crippen molar-refractivity contribution >= 4 is 11.8 Å². The predicted molar refractivity (Wildman–Crippen MR) is 57.0 cm³/mol. The van der Waals surface area contributed by atoms with Crippen molar-refractivity contribution < 1.29 is 18.7 Å². The van der Waals surface area contributed by atoms with Gasteiger partial charge in [-0.15, -0.1) is 0 Å². The first-order valence-corrected chi connectivity index (χ1v) is 5.10. The van der Waals surface area contributed by atoms with Gasteiger partial charge in [-0.3, -0.25) is 4.79 Å². The number of hydrogen-bond donors (Lipinski definition) is 0. The third-order valence-corrected chi connectivity index (χ3v) is 2.10. The highest BCUT2D eigenvalue weighted by molar-refractivity contribution is 6.06. The third kappa shape index (κ3) is 2.66. The Bertz CT molecular complexity index is 413. The summed E-state index contributed by atoms with van der Waals surface area (Å²) in [6.07, 6.45) is 0.218. The molecule has 0 amide bonds. The van der Waals surface area contributed by atoms with Crippen LogP contribution in [0.1, 0.15) is 41.0 Å². The van der Waals surface area contributed by atoms with Crippen LogP contribution in [0, 0.1) is 5.82 Å². The Morgan fingerprint density at radius 3 is 2.50 bits per heavy atom. The van der Waals surface area contributed by atoms with Crippen LogP contribution in [0.3, 0.4) is 0 Å². The second kappa shape index (κ2) is 5.39. The lowest BCUT2D eigenvalue weighted by Crippen LogP contribution is -2.11. The maximum atomic E-state index is 13.0. The molecule has 86 valence electrons. The number of esters is 1. The first-order chi connectivity index (χ1) is 7.60. The molecular formula is C12H13FO3. The molecule has 0 aromatic heterocycles. The van der Waals surface area contributed by atoms with Crippen LogP contribution in [0.5, 0.6) is 0 Å². The number of benzene rings is 1. The Morgan fingerprint density at radius 1 is 1.25 bits per heavy atom. The molecule has 0 aliphatic carbocycles. The van der Waals surface area contributed by atoms with Gasteiger partial charge in [-0.05, 0) is 25.1 Å². The summed E-state index contributed by atoms with van der Waals surface area (Å²) in [7, 11) is 0. The molecule has 0 bridgehead atoms. The van der Waals surface area contributed by atoms with Gasteiger partial charge < -0.3 is 4.74 Å². The number of rotatable bonds is 4. The van der Waals surface area contributed by atoms with E-state index in [0.717, 1.165) is 12.1 Å². The van der Waals surface area contributed by atoms with Gasteiger partial charge >= 0.3 is 5.97 Å². The second-order valence-electron chi connectivity index (χ2n) is 3.19. The zero-order chi connectivity index (χ0) is 12.1. The van der Waals surface area contributed by atoms with Crippen molar-refractivity contribution in [2.75, 3.05) is 6.61 Å². The van der Waals surface area contributed by atoms with E-state index in [2.05, 4.69) is 0 Å². The van der Waals surface area contributed by atoms with E-state index < -0.39 is 11.8 Å². The Kier molecular flexibility index (Phi) is 4.17. The highest BCUT2D eigenvalue weighted by atomic mass is 19.1. The van der Waals surface area contributed by atoms with Crippen molar-refractivity contribution in [3.63, 3.8) is 0 Å². The van der Waals surface area contributed by atoms with E-state index >= 15 is 0 Å². The molecule has 3 nitrogen and oxygen atoms in total. The number of ketones is 1. The molecule has 16 heavy (non-hydrogen) atoms. The Hall–Kier alpha value is -1.71. The largest absolute Gasteiger partial charge is 0.462 e. The third-order valence-electron chi connectivity index (χ3n) is 2.10. The molecule has 0 heterocycles. The van der Waals surface area contributed by atoms with E-state index in [1.807, 2.05) is 0 Å². The molecule has 0 atom stereocenters. The van der Waals surface area contributed by atoms with Crippen molar-refractivity contribution in [2.45, 2.75) is 20.3 Å². The van der Waals surface area contributed by atoms with Gasteiger partial charge in [0.1, 0.15) is 5.82 Å². The molecule has 1 aromatic rings. The molecule has 0 radical (unpaired) electrons. The van der Waals surface area contributed by atoms with Crippen LogP contribution in [0.25, 0.3) is 0 Å². The van der Waals surface area contributed by atoms with Crippen LogP contribution in [-0.4, -0.2) is 18.4 Å². The number of carbonyl (C=O) groups excluding carboxylic acids is 2. The van der Waals surface area contributed by atoms with E-state index in [1.54, 1.807) is 13.8 Å². The van der Waals surface area contributed by atoms with Crippen molar-refractivity contribution in [2.24, 2.45) is 0 Å². The van der Waals surface area contributed by atoms with Gasteiger partial charge in [0.25, 0.3) is 0 Å². The first-order valence-electron chi connectivity index (χ1n) is 5.10. The van der Waals surface area contributed by atoms with E-state index in [1.165, 1.54) is 6.07 Å². The van der Waals surface area contributed by atoms with Crippen LogP contribution >= 0.6 is 0 Å². The molecular weight excluding hydrogens is 211 g/mol. The van der Waals surface area contributed by atoms with Gasteiger partial charge in [-0.2, -0.15) is 0 Å². The fourth-order valence-electron chi connectivity index (χ4n) is 1.32. The predicted octanol–water partition coefficient (Wildman–Crippen LogP) is 2.60. The van der Waals surface area contributed by atoms with Crippen LogP contribution < -0.4 is 0 Å². The summed E-state index contributed by atoms with van der Waals surface area (Å²) in [6, 6.07) is 3.48.